The van der Waals surface area contributed by atoms with E-state index in [-0.39, 0.29) is 23.2 Å². The quantitative estimate of drug-likeness (QED) is 0.757. The van der Waals surface area contributed by atoms with E-state index in [0.29, 0.717) is 4.47 Å². The summed E-state index contributed by atoms with van der Waals surface area (Å²) < 4.78 is 14.2. The standard InChI is InChI=1S/C16H12BrFO/c17-14-8-4-7-11(15(14)18)16(19)13-9-12(13)10-5-2-1-3-6-10/h1-8,12-13H,9H2. The van der Waals surface area contributed by atoms with Crippen molar-refractivity contribution in [2.45, 2.75) is 12.3 Å². The van der Waals surface area contributed by atoms with E-state index in [2.05, 4.69) is 15.9 Å². The lowest BCUT2D eigenvalue weighted by Gasteiger charge is -2.04. The topological polar surface area (TPSA) is 17.1 Å². The number of carbonyl (C=O) groups is 1. The molecule has 0 radical (unpaired) electrons. The molecule has 0 spiro atoms. The molecule has 1 aliphatic rings. The second kappa shape index (κ2) is 4.89. The first kappa shape index (κ1) is 12.5. The molecule has 3 rings (SSSR count). The molecule has 0 aromatic heterocycles. The number of Topliss-reactive ketones (excluding diaryl/α,β-unsaturated/α-hetero) is 1. The van der Waals surface area contributed by atoms with Gasteiger partial charge in [-0.3, -0.25) is 4.79 Å². The Hall–Kier alpha value is -1.48. The summed E-state index contributed by atoms with van der Waals surface area (Å²) in [4.78, 5) is 12.3. The third kappa shape index (κ3) is 2.35. The average Bonchev–Trinajstić information content (AvgIpc) is 3.22. The molecule has 0 heterocycles. The number of ketones is 1. The van der Waals surface area contributed by atoms with Crippen molar-refractivity contribution in [3.05, 3.63) is 69.9 Å². The van der Waals surface area contributed by atoms with Crippen LogP contribution in [-0.4, -0.2) is 5.78 Å². The van der Waals surface area contributed by atoms with Crippen LogP contribution in [-0.2, 0) is 0 Å². The molecule has 0 N–H and O–H groups in total. The van der Waals surface area contributed by atoms with Crippen molar-refractivity contribution in [3.8, 4) is 0 Å². The molecule has 1 aliphatic carbocycles. The summed E-state index contributed by atoms with van der Waals surface area (Å²) in [6, 6.07) is 14.8. The summed E-state index contributed by atoms with van der Waals surface area (Å²) in [5.74, 6) is -0.378. The first-order valence-electron chi connectivity index (χ1n) is 6.21. The van der Waals surface area contributed by atoms with Crippen LogP contribution < -0.4 is 0 Å². The SMILES string of the molecule is O=C(c1cccc(Br)c1F)C1CC1c1ccccc1. The zero-order valence-electron chi connectivity index (χ0n) is 10.1. The van der Waals surface area contributed by atoms with Gasteiger partial charge in [-0.1, -0.05) is 36.4 Å². The third-order valence-corrected chi connectivity index (χ3v) is 4.18. The number of benzene rings is 2. The molecule has 2 unspecified atom stereocenters. The first-order chi connectivity index (χ1) is 9.18. The van der Waals surface area contributed by atoms with Crippen LogP contribution in [0, 0.1) is 11.7 Å². The normalized spacial score (nSPS) is 21.2. The molecule has 19 heavy (non-hydrogen) atoms. The van der Waals surface area contributed by atoms with Crippen LogP contribution in [0.2, 0.25) is 0 Å². The molecule has 0 amide bonds. The van der Waals surface area contributed by atoms with Crippen LogP contribution in [0.25, 0.3) is 0 Å². The van der Waals surface area contributed by atoms with E-state index in [1.165, 1.54) is 0 Å². The molecule has 1 fully saturated rings. The summed E-state index contributed by atoms with van der Waals surface area (Å²) in [6.07, 6.45) is 0.814. The molecule has 0 bridgehead atoms. The van der Waals surface area contributed by atoms with Gasteiger partial charge in [0.05, 0.1) is 10.0 Å². The molecular weight excluding hydrogens is 307 g/mol. The highest BCUT2D eigenvalue weighted by Crippen LogP contribution is 2.49. The highest BCUT2D eigenvalue weighted by Gasteiger charge is 2.44. The third-order valence-electron chi connectivity index (χ3n) is 3.57. The largest absolute Gasteiger partial charge is 0.294 e. The lowest BCUT2D eigenvalue weighted by Crippen LogP contribution is -2.06. The summed E-state index contributed by atoms with van der Waals surface area (Å²) in [5, 5.41) is 0. The van der Waals surface area contributed by atoms with Gasteiger partial charge in [-0.15, -0.1) is 0 Å². The summed E-state index contributed by atoms with van der Waals surface area (Å²) in [7, 11) is 0. The lowest BCUT2D eigenvalue weighted by molar-refractivity contribution is 0.0961. The number of carbonyl (C=O) groups excluding carboxylic acids is 1. The van der Waals surface area contributed by atoms with Crippen molar-refractivity contribution in [3.63, 3.8) is 0 Å². The number of rotatable bonds is 3. The Morgan fingerprint density at radius 1 is 1.11 bits per heavy atom. The minimum Gasteiger partial charge on any atom is -0.294 e. The molecule has 2 atom stereocenters. The maximum atomic E-state index is 13.9. The van der Waals surface area contributed by atoms with E-state index in [0.717, 1.165) is 12.0 Å². The minimum atomic E-state index is -0.453. The Kier molecular flexibility index (Phi) is 3.23. The second-order valence-corrected chi connectivity index (χ2v) is 5.68. The molecular formula is C16H12BrFO. The lowest BCUT2D eigenvalue weighted by atomic mass is 10.0. The fourth-order valence-electron chi connectivity index (χ4n) is 2.45. The van der Waals surface area contributed by atoms with Gasteiger partial charge in [0.1, 0.15) is 5.82 Å². The van der Waals surface area contributed by atoms with Gasteiger partial charge in [0, 0.05) is 5.92 Å². The van der Waals surface area contributed by atoms with Crippen LogP contribution in [0.4, 0.5) is 4.39 Å². The van der Waals surface area contributed by atoms with Crippen LogP contribution in [0.5, 0.6) is 0 Å². The van der Waals surface area contributed by atoms with Gasteiger partial charge in [0.25, 0.3) is 0 Å². The van der Waals surface area contributed by atoms with Crippen molar-refractivity contribution < 1.29 is 9.18 Å². The fourth-order valence-corrected chi connectivity index (χ4v) is 2.81. The molecule has 0 aliphatic heterocycles. The molecule has 3 heteroatoms. The Balaban J connectivity index is 1.82. The molecule has 96 valence electrons. The highest BCUT2D eigenvalue weighted by molar-refractivity contribution is 9.10. The Morgan fingerprint density at radius 3 is 2.58 bits per heavy atom. The monoisotopic (exact) mass is 318 g/mol. The Bertz CT molecular complexity index is 624. The van der Waals surface area contributed by atoms with E-state index in [1.54, 1.807) is 18.2 Å². The summed E-state index contributed by atoms with van der Waals surface area (Å²) in [6.45, 7) is 0. The Labute approximate surface area is 119 Å². The maximum absolute atomic E-state index is 13.9. The van der Waals surface area contributed by atoms with E-state index in [9.17, 15) is 9.18 Å². The zero-order valence-corrected chi connectivity index (χ0v) is 11.7. The van der Waals surface area contributed by atoms with Gasteiger partial charge in [0.15, 0.2) is 5.78 Å². The smallest absolute Gasteiger partial charge is 0.169 e. The predicted molar refractivity (Wildman–Crippen MR) is 75.7 cm³/mol. The van der Waals surface area contributed by atoms with E-state index < -0.39 is 5.82 Å². The first-order valence-corrected chi connectivity index (χ1v) is 7.01. The molecule has 0 saturated heterocycles. The zero-order chi connectivity index (χ0) is 13.4. The number of halogens is 2. The number of hydrogen-bond acceptors (Lipinski definition) is 1. The second-order valence-electron chi connectivity index (χ2n) is 4.83. The summed E-state index contributed by atoms with van der Waals surface area (Å²) >= 11 is 3.12. The van der Waals surface area contributed by atoms with Crippen molar-refractivity contribution in [2.24, 2.45) is 5.92 Å². The van der Waals surface area contributed by atoms with E-state index >= 15 is 0 Å². The molecule has 1 nitrogen and oxygen atoms in total. The number of hydrogen-bond donors (Lipinski definition) is 0. The van der Waals surface area contributed by atoms with Crippen molar-refractivity contribution in [2.75, 3.05) is 0 Å². The van der Waals surface area contributed by atoms with Gasteiger partial charge < -0.3 is 0 Å². The maximum Gasteiger partial charge on any atom is 0.169 e. The van der Waals surface area contributed by atoms with E-state index in [4.69, 9.17) is 0 Å². The van der Waals surface area contributed by atoms with Gasteiger partial charge in [-0.2, -0.15) is 0 Å². The van der Waals surface area contributed by atoms with Crippen molar-refractivity contribution >= 4 is 21.7 Å². The van der Waals surface area contributed by atoms with Crippen LogP contribution in [0.3, 0.4) is 0 Å². The van der Waals surface area contributed by atoms with Gasteiger partial charge in [-0.05, 0) is 46.0 Å². The van der Waals surface area contributed by atoms with Gasteiger partial charge in [0.2, 0.25) is 0 Å². The predicted octanol–water partition coefficient (Wildman–Crippen LogP) is 4.57. The van der Waals surface area contributed by atoms with Crippen molar-refractivity contribution in [1.29, 1.82) is 0 Å². The fraction of sp³-hybridized carbons (Fsp3) is 0.188. The van der Waals surface area contributed by atoms with E-state index in [1.807, 2.05) is 30.3 Å². The average molecular weight is 319 g/mol. The van der Waals surface area contributed by atoms with Gasteiger partial charge in [-0.25, -0.2) is 4.39 Å². The molecule has 2 aromatic rings. The van der Waals surface area contributed by atoms with Crippen LogP contribution in [0.1, 0.15) is 28.3 Å². The van der Waals surface area contributed by atoms with Gasteiger partial charge >= 0.3 is 0 Å². The molecule has 1 saturated carbocycles. The van der Waals surface area contributed by atoms with Crippen LogP contribution >= 0.6 is 15.9 Å². The minimum absolute atomic E-state index is 0.0776. The van der Waals surface area contributed by atoms with Crippen molar-refractivity contribution in [1.82, 2.24) is 0 Å². The Morgan fingerprint density at radius 2 is 1.84 bits per heavy atom. The highest BCUT2D eigenvalue weighted by atomic mass is 79.9. The molecule has 2 aromatic carbocycles. The van der Waals surface area contributed by atoms with Crippen LogP contribution in [0.15, 0.2) is 53.0 Å². The summed E-state index contributed by atoms with van der Waals surface area (Å²) in [5.41, 5.74) is 1.36.